The second-order valence-electron chi connectivity index (χ2n) is 7.38. The van der Waals surface area contributed by atoms with E-state index in [0.717, 1.165) is 18.4 Å². The summed E-state index contributed by atoms with van der Waals surface area (Å²) in [6.45, 7) is 0. The van der Waals surface area contributed by atoms with Gasteiger partial charge in [0.15, 0.2) is 5.78 Å². The third kappa shape index (κ3) is 2.36. The molecule has 0 heterocycles. The van der Waals surface area contributed by atoms with Crippen molar-refractivity contribution in [3.05, 3.63) is 35.1 Å². The molecule has 4 heteroatoms. The molecule has 0 aliphatic heterocycles. The molecule has 0 atom stereocenters. The molecule has 1 aromatic rings. The lowest BCUT2D eigenvalue weighted by Crippen LogP contribution is -2.30. The quantitative estimate of drug-likeness (QED) is 0.781. The highest BCUT2D eigenvalue weighted by molar-refractivity contribution is 6.24. The normalized spacial score (nSPS) is 31.2. The fourth-order valence-corrected chi connectivity index (χ4v) is 4.23. The highest BCUT2D eigenvalue weighted by Crippen LogP contribution is 2.54. The van der Waals surface area contributed by atoms with Gasteiger partial charge in [-0.1, -0.05) is 6.07 Å². The molecule has 0 amide bonds. The van der Waals surface area contributed by atoms with Crippen molar-refractivity contribution >= 4 is 11.4 Å². The number of carbonyl (C=O) groups is 1. The Kier molecular flexibility index (Phi) is 3.27. The average Bonchev–Trinajstić information content (AvgIpc) is 3.31. The van der Waals surface area contributed by atoms with Crippen LogP contribution >= 0.6 is 0 Å². The molecule has 0 radical (unpaired) electrons. The predicted molar refractivity (Wildman–Crippen MR) is 86.2 cm³/mol. The predicted octanol–water partition coefficient (Wildman–Crippen LogP) is 3.43. The maximum atomic E-state index is 12.7. The van der Waals surface area contributed by atoms with Crippen LogP contribution in [0.5, 0.6) is 5.75 Å². The number of phenols is 1. The molecule has 4 nitrogen and oxygen atoms in total. The van der Waals surface area contributed by atoms with Crippen LogP contribution in [0.15, 0.2) is 24.0 Å². The van der Waals surface area contributed by atoms with E-state index >= 15 is 0 Å². The molecule has 122 valence electrons. The molecule has 0 saturated heterocycles. The molecule has 23 heavy (non-hydrogen) atoms. The van der Waals surface area contributed by atoms with Crippen LogP contribution in [0.2, 0.25) is 0 Å². The highest BCUT2D eigenvalue weighted by atomic mass is 16.3. The van der Waals surface area contributed by atoms with E-state index < -0.39 is 5.41 Å². The number of allylic oxidation sites excluding steroid dienone is 2. The van der Waals surface area contributed by atoms with Crippen LogP contribution in [0.1, 0.15) is 62.0 Å². The Morgan fingerprint density at radius 2 is 1.74 bits per heavy atom. The van der Waals surface area contributed by atoms with E-state index in [1.54, 1.807) is 12.1 Å². The van der Waals surface area contributed by atoms with Gasteiger partial charge in [0.2, 0.25) is 0 Å². The van der Waals surface area contributed by atoms with Crippen LogP contribution in [-0.4, -0.2) is 27.2 Å². The second kappa shape index (κ2) is 5.10. The number of aromatic hydroxyl groups is 1. The van der Waals surface area contributed by atoms with Crippen LogP contribution in [0, 0.1) is 5.41 Å². The molecule has 1 aromatic carbocycles. The van der Waals surface area contributed by atoms with Gasteiger partial charge in [-0.25, -0.2) is 0 Å². The van der Waals surface area contributed by atoms with E-state index in [0.29, 0.717) is 49.2 Å². The zero-order valence-corrected chi connectivity index (χ0v) is 13.1. The molecule has 2 saturated carbocycles. The van der Waals surface area contributed by atoms with E-state index in [-0.39, 0.29) is 23.4 Å². The lowest BCUT2D eigenvalue weighted by Gasteiger charge is -2.35. The van der Waals surface area contributed by atoms with Gasteiger partial charge in [0.1, 0.15) is 11.5 Å². The number of Topliss-reactive ketones (excluding diaryl/α,β-unsaturated/α-hetero) is 1. The number of rotatable bonds is 2. The maximum absolute atomic E-state index is 12.7. The fourth-order valence-electron chi connectivity index (χ4n) is 4.23. The summed E-state index contributed by atoms with van der Waals surface area (Å²) in [5.74, 6) is 0.703. The Labute approximate surface area is 135 Å². The molecule has 3 N–H and O–H groups in total. The molecule has 0 bridgehead atoms. The Morgan fingerprint density at radius 1 is 1.04 bits per heavy atom. The van der Waals surface area contributed by atoms with Crippen LogP contribution in [0.3, 0.4) is 0 Å². The average molecular weight is 314 g/mol. The Morgan fingerprint density at radius 3 is 2.39 bits per heavy atom. The van der Waals surface area contributed by atoms with Gasteiger partial charge in [0.05, 0.1) is 11.7 Å². The fraction of sp³-hybridized carbons (Fsp3) is 0.526. The van der Waals surface area contributed by atoms with Crippen molar-refractivity contribution in [3.8, 4) is 5.75 Å². The van der Waals surface area contributed by atoms with Crippen LogP contribution in [0.4, 0.5) is 0 Å². The number of ketones is 1. The molecule has 0 aromatic heterocycles. The number of hydrogen-bond donors (Lipinski definition) is 3. The summed E-state index contributed by atoms with van der Waals surface area (Å²) in [4.78, 5) is 12.7. The van der Waals surface area contributed by atoms with Crippen molar-refractivity contribution in [2.24, 2.45) is 5.41 Å². The van der Waals surface area contributed by atoms with E-state index in [9.17, 15) is 20.1 Å². The zero-order chi connectivity index (χ0) is 16.2. The van der Waals surface area contributed by atoms with Gasteiger partial charge >= 0.3 is 0 Å². The molecule has 4 rings (SSSR count). The van der Waals surface area contributed by atoms with Crippen molar-refractivity contribution in [1.29, 1.82) is 0 Å². The van der Waals surface area contributed by atoms with Crippen molar-refractivity contribution < 1.29 is 20.1 Å². The number of carbonyl (C=O) groups excluding carboxylic acids is 1. The molecule has 3 aliphatic carbocycles. The summed E-state index contributed by atoms with van der Waals surface area (Å²) < 4.78 is 0. The minimum atomic E-state index is -0.502. The SMILES string of the molecule is O=C1CC2(CCC(O)CC2)C(O)=C1c1cc(O)ccc1C1CC1. The third-order valence-electron chi connectivity index (χ3n) is 5.75. The van der Waals surface area contributed by atoms with Gasteiger partial charge in [-0.3, -0.25) is 4.79 Å². The van der Waals surface area contributed by atoms with Gasteiger partial charge in [0.25, 0.3) is 0 Å². The van der Waals surface area contributed by atoms with Crippen molar-refractivity contribution in [3.63, 3.8) is 0 Å². The number of benzene rings is 1. The van der Waals surface area contributed by atoms with Gasteiger partial charge < -0.3 is 15.3 Å². The summed E-state index contributed by atoms with van der Waals surface area (Å²) >= 11 is 0. The van der Waals surface area contributed by atoms with Crippen molar-refractivity contribution in [2.45, 2.75) is 57.0 Å². The topological polar surface area (TPSA) is 77.8 Å². The minimum absolute atomic E-state index is 0.0358. The van der Waals surface area contributed by atoms with Crippen LogP contribution < -0.4 is 0 Å². The first-order valence-corrected chi connectivity index (χ1v) is 8.48. The number of aliphatic hydroxyl groups excluding tert-OH is 2. The smallest absolute Gasteiger partial charge is 0.167 e. The standard InChI is InChI=1S/C19H22O4/c20-12-5-7-19(8-6-12)10-16(22)17(18(19)23)15-9-13(21)3-4-14(15)11-1-2-11/h3-4,9,11-12,20-21,23H,1-2,5-8,10H2. The second-order valence-corrected chi connectivity index (χ2v) is 7.38. The van der Waals surface area contributed by atoms with Crippen molar-refractivity contribution in [1.82, 2.24) is 0 Å². The van der Waals surface area contributed by atoms with Crippen LogP contribution in [-0.2, 0) is 4.79 Å². The zero-order valence-electron chi connectivity index (χ0n) is 13.1. The van der Waals surface area contributed by atoms with Gasteiger partial charge in [-0.05, 0) is 67.7 Å². The van der Waals surface area contributed by atoms with Gasteiger partial charge in [-0.2, -0.15) is 0 Å². The minimum Gasteiger partial charge on any atom is -0.511 e. The molecular weight excluding hydrogens is 292 g/mol. The Hall–Kier alpha value is -1.81. The number of phenolic OH excluding ortho intramolecular Hbond substituents is 1. The summed E-state index contributed by atoms with van der Waals surface area (Å²) in [5, 5.41) is 30.5. The first-order chi connectivity index (χ1) is 11.0. The lowest BCUT2D eigenvalue weighted by molar-refractivity contribution is -0.115. The third-order valence-corrected chi connectivity index (χ3v) is 5.75. The van der Waals surface area contributed by atoms with E-state index in [2.05, 4.69) is 0 Å². The summed E-state index contributed by atoms with van der Waals surface area (Å²) in [6, 6.07) is 5.15. The largest absolute Gasteiger partial charge is 0.511 e. The summed E-state index contributed by atoms with van der Waals surface area (Å²) in [7, 11) is 0. The monoisotopic (exact) mass is 314 g/mol. The molecule has 3 aliphatic rings. The molecule has 0 unspecified atom stereocenters. The molecular formula is C19H22O4. The van der Waals surface area contributed by atoms with E-state index in [1.165, 1.54) is 0 Å². The van der Waals surface area contributed by atoms with E-state index in [4.69, 9.17) is 0 Å². The molecule has 1 spiro atoms. The first kappa shape index (κ1) is 14.8. The van der Waals surface area contributed by atoms with Gasteiger partial charge in [0, 0.05) is 11.8 Å². The Balaban J connectivity index is 1.80. The number of hydrogen-bond acceptors (Lipinski definition) is 4. The highest BCUT2D eigenvalue weighted by Gasteiger charge is 2.48. The summed E-state index contributed by atoms with van der Waals surface area (Å²) in [5.41, 5.74) is 1.67. The van der Waals surface area contributed by atoms with Crippen molar-refractivity contribution in [2.75, 3.05) is 0 Å². The molecule has 2 fully saturated rings. The van der Waals surface area contributed by atoms with Crippen LogP contribution in [0.25, 0.3) is 5.57 Å². The Bertz CT molecular complexity index is 691. The lowest BCUT2D eigenvalue weighted by atomic mass is 9.71. The summed E-state index contributed by atoms with van der Waals surface area (Å²) in [6.07, 6.45) is 4.73. The first-order valence-electron chi connectivity index (χ1n) is 8.48. The van der Waals surface area contributed by atoms with Gasteiger partial charge in [-0.15, -0.1) is 0 Å². The number of aliphatic hydroxyl groups is 2. The maximum Gasteiger partial charge on any atom is 0.167 e. The van der Waals surface area contributed by atoms with E-state index in [1.807, 2.05) is 6.07 Å².